The van der Waals surface area contributed by atoms with Crippen LogP contribution in [0.25, 0.3) is 0 Å². The first-order valence-electron chi connectivity index (χ1n) is 3.35. The topological polar surface area (TPSA) is 0 Å². The second kappa shape index (κ2) is 16.8. The molecule has 0 aliphatic rings. The van der Waals surface area contributed by atoms with Crippen molar-refractivity contribution in [2.75, 3.05) is 0 Å². The quantitative estimate of drug-likeness (QED) is 0.665. The zero-order valence-corrected chi connectivity index (χ0v) is 14.8. The average molecular weight is 344 g/mol. The van der Waals surface area contributed by atoms with E-state index in [4.69, 9.17) is 0 Å². The Morgan fingerprint density at radius 3 is 1.43 bits per heavy atom. The molecule has 0 saturated carbocycles. The van der Waals surface area contributed by atoms with Gasteiger partial charge in [-0.15, -0.1) is 0 Å². The van der Waals surface area contributed by atoms with Gasteiger partial charge in [-0.25, -0.2) is 0 Å². The van der Waals surface area contributed by atoms with Gasteiger partial charge in [0, 0.05) is 65.4 Å². The summed E-state index contributed by atoms with van der Waals surface area (Å²) in [5, 5.41) is 0. The molecular formula is C12H22Y2-2. The molecule has 14 heavy (non-hydrogen) atoms. The molecule has 1 rings (SSSR count). The average Bonchev–Trinajstić information content (AvgIpc) is 1.90. The summed E-state index contributed by atoms with van der Waals surface area (Å²) in [6.45, 7) is 4.41. The molecule has 0 nitrogen and oxygen atoms in total. The standard InChI is InChI=1S/C9H12.CH4.2CH3.2Y/c1-8(2)9-6-4-3-5-7-9;;;;;/h3-8H,1-2H3;1H4;2*1H3;;/q;;2*-1;;. The molecule has 0 heterocycles. The van der Waals surface area contributed by atoms with E-state index in [1.165, 1.54) is 5.56 Å². The van der Waals surface area contributed by atoms with Gasteiger partial charge in [0.25, 0.3) is 0 Å². The molecule has 0 fully saturated rings. The van der Waals surface area contributed by atoms with Crippen LogP contribution in [0.15, 0.2) is 30.3 Å². The van der Waals surface area contributed by atoms with Crippen LogP contribution in [-0.2, 0) is 65.4 Å². The third-order valence-electron chi connectivity index (χ3n) is 1.47. The van der Waals surface area contributed by atoms with Crippen molar-refractivity contribution in [3.63, 3.8) is 0 Å². The molecule has 0 aromatic heterocycles. The van der Waals surface area contributed by atoms with Crippen molar-refractivity contribution < 1.29 is 65.4 Å². The molecule has 0 aliphatic carbocycles. The fourth-order valence-electron chi connectivity index (χ4n) is 0.838. The summed E-state index contributed by atoms with van der Waals surface area (Å²) >= 11 is 0. The summed E-state index contributed by atoms with van der Waals surface area (Å²) in [5.41, 5.74) is 1.41. The van der Waals surface area contributed by atoms with Gasteiger partial charge < -0.3 is 14.9 Å². The number of rotatable bonds is 1. The number of hydrogen-bond donors (Lipinski definition) is 0. The van der Waals surface area contributed by atoms with Crippen molar-refractivity contribution in [2.45, 2.75) is 27.2 Å². The maximum atomic E-state index is 2.20. The predicted molar refractivity (Wildman–Crippen MR) is 60.1 cm³/mol. The van der Waals surface area contributed by atoms with E-state index in [2.05, 4.69) is 38.1 Å². The summed E-state index contributed by atoms with van der Waals surface area (Å²) in [7, 11) is 0. The van der Waals surface area contributed by atoms with E-state index in [0.29, 0.717) is 5.92 Å². The van der Waals surface area contributed by atoms with E-state index in [0.717, 1.165) is 0 Å². The first-order valence-corrected chi connectivity index (χ1v) is 3.35. The molecule has 1 aromatic carbocycles. The Labute approximate surface area is 141 Å². The molecule has 0 unspecified atom stereocenters. The number of benzene rings is 1. The van der Waals surface area contributed by atoms with Gasteiger partial charge in [0.2, 0.25) is 0 Å². The molecular weight excluding hydrogens is 322 g/mol. The molecule has 2 radical (unpaired) electrons. The third-order valence-corrected chi connectivity index (χ3v) is 1.47. The molecule has 2 heteroatoms. The van der Waals surface area contributed by atoms with Crippen LogP contribution in [0.4, 0.5) is 0 Å². The van der Waals surface area contributed by atoms with E-state index < -0.39 is 0 Å². The van der Waals surface area contributed by atoms with Gasteiger partial charge in [-0.1, -0.05) is 51.6 Å². The Morgan fingerprint density at radius 1 is 0.857 bits per heavy atom. The normalized spacial score (nSPS) is 6.50. The van der Waals surface area contributed by atoms with E-state index >= 15 is 0 Å². The molecule has 78 valence electrons. The third kappa shape index (κ3) is 11.5. The SMILES string of the molecule is C.CC(C)c1ccccc1.[CH3-].[CH3-].[Y].[Y]. The fourth-order valence-corrected chi connectivity index (χ4v) is 0.838. The van der Waals surface area contributed by atoms with Crippen molar-refractivity contribution in [1.29, 1.82) is 0 Å². The van der Waals surface area contributed by atoms with Gasteiger partial charge in [0.1, 0.15) is 0 Å². The Morgan fingerprint density at radius 2 is 1.21 bits per heavy atom. The molecule has 0 atom stereocenters. The van der Waals surface area contributed by atoms with Crippen molar-refractivity contribution in [2.24, 2.45) is 0 Å². The maximum absolute atomic E-state index is 2.20. The van der Waals surface area contributed by atoms with Crippen molar-refractivity contribution in [3.8, 4) is 0 Å². The predicted octanol–water partition coefficient (Wildman–Crippen LogP) is 4.34. The van der Waals surface area contributed by atoms with Crippen LogP contribution in [-0.4, -0.2) is 0 Å². The van der Waals surface area contributed by atoms with Crippen LogP contribution >= 0.6 is 0 Å². The monoisotopic (exact) mass is 344 g/mol. The summed E-state index contributed by atoms with van der Waals surface area (Å²) in [4.78, 5) is 0. The van der Waals surface area contributed by atoms with Crippen LogP contribution in [0.1, 0.15) is 32.8 Å². The van der Waals surface area contributed by atoms with E-state index in [-0.39, 0.29) is 87.7 Å². The minimum absolute atomic E-state index is 0. The van der Waals surface area contributed by atoms with E-state index in [1.807, 2.05) is 6.07 Å². The molecule has 0 N–H and O–H groups in total. The molecule has 0 aliphatic heterocycles. The van der Waals surface area contributed by atoms with Crippen LogP contribution in [0.5, 0.6) is 0 Å². The molecule has 1 aromatic rings. The van der Waals surface area contributed by atoms with Crippen molar-refractivity contribution in [3.05, 3.63) is 50.7 Å². The molecule has 0 bridgehead atoms. The first kappa shape index (κ1) is 29.5. The van der Waals surface area contributed by atoms with Crippen LogP contribution in [0, 0.1) is 14.9 Å². The smallest absolute Gasteiger partial charge is 0 e. The van der Waals surface area contributed by atoms with Gasteiger partial charge in [-0.3, -0.25) is 0 Å². The van der Waals surface area contributed by atoms with Gasteiger partial charge >= 0.3 is 0 Å². The van der Waals surface area contributed by atoms with Crippen molar-refractivity contribution in [1.82, 2.24) is 0 Å². The number of hydrogen-bond acceptors (Lipinski definition) is 0. The van der Waals surface area contributed by atoms with Crippen LogP contribution < -0.4 is 0 Å². The van der Waals surface area contributed by atoms with Crippen LogP contribution in [0.2, 0.25) is 0 Å². The summed E-state index contributed by atoms with van der Waals surface area (Å²) in [6.07, 6.45) is 0. The minimum atomic E-state index is 0. The maximum Gasteiger partial charge on any atom is 0 e. The Bertz CT molecular complexity index is 171. The largest absolute Gasteiger partial charge is 0.358 e. The van der Waals surface area contributed by atoms with Gasteiger partial charge in [-0.05, 0) is 11.5 Å². The molecule has 0 spiro atoms. The fraction of sp³-hybridized carbons (Fsp3) is 0.333. The second-order valence-corrected chi connectivity index (χ2v) is 2.57. The Hall–Kier alpha value is 1.43. The second-order valence-electron chi connectivity index (χ2n) is 2.57. The summed E-state index contributed by atoms with van der Waals surface area (Å²) in [5.74, 6) is 0.659. The van der Waals surface area contributed by atoms with E-state index in [1.54, 1.807) is 0 Å². The Kier molecular flexibility index (Phi) is 35.5. The van der Waals surface area contributed by atoms with Crippen LogP contribution in [0.3, 0.4) is 0 Å². The Balaban J connectivity index is -0.0000000540. The van der Waals surface area contributed by atoms with Gasteiger partial charge in [0.15, 0.2) is 0 Å². The van der Waals surface area contributed by atoms with Crippen molar-refractivity contribution >= 4 is 0 Å². The minimum Gasteiger partial charge on any atom is -0.358 e. The van der Waals surface area contributed by atoms with E-state index in [9.17, 15) is 0 Å². The van der Waals surface area contributed by atoms with Gasteiger partial charge in [0.05, 0.1) is 0 Å². The summed E-state index contributed by atoms with van der Waals surface area (Å²) in [6, 6.07) is 10.5. The summed E-state index contributed by atoms with van der Waals surface area (Å²) < 4.78 is 0. The zero-order chi connectivity index (χ0) is 6.69. The van der Waals surface area contributed by atoms with Gasteiger partial charge in [-0.2, -0.15) is 0 Å². The first-order chi connectivity index (χ1) is 4.30. The molecule has 0 saturated heterocycles. The zero-order valence-electron chi connectivity index (χ0n) is 9.12. The molecule has 0 amide bonds.